The van der Waals surface area contributed by atoms with Crippen molar-refractivity contribution in [3.05, 3.63) is 168 Å². The summed E-state index contributed by atoms with van der Waals surface area (Å²) in [5, 5.41) is 2.67. The van der Waals surface area contributed by atoms with Crippen molar-refractivity contribution < 1.29 is 0 Å². The van der Waals surface area contributed by atoms with Crippen molar-refractivity contribution in [2.45, 2.75) is 51.0 Å². The normalized spacial score (nSPS) is 17.9. The first-order chi connectivity index (χ1) is 23.8. The fourth-order valence-corrected chi connectivity index (χ4v) is 9.24. The zero-order valence-corrected chi connectivity index (χ0v) is 28.5. The Labute approximate surface area is 288 Å². The summed E-state index contributed by atoms with van der Waals surface area (Å²) in [5.41, 5.74) is 15.4. The second-order valence-corrected chi connectivity index (χ2v) is 15.0. The van der Waals surface area contributed by atoms with Gasteiger partial charge in [-0.25, -0.2) is 0 Å². The first kappa shape index (κ1) is 28.5. The molecule has 0 bridgehead atoms. The molecule has 49 heavy (non-hydrogen) atoms. The van der Waals surface area contributed by atoms with Gasteiger partial charge in [-0.2, -0.15) is 0 Å². The smallest absolute Gasteiger partial charge is 0.126 e. The molecule has 1 unspecified atom stereocenters. The first-order valence-corrected chi connectivity index (χ1v) is 17.6. The van der Waals surface area contributed by atoms with Crippen molar-refractivity contribution in [2.24, 2.45) is 0 Å². The summed E-state index contributed by atoms with van der Waals surface area (Å²) in [6.45, 7) is 9.59. The number of benzene rings is 5. The molecule has 0 amide bonds. The van der Waals surface area contributed by atoms with E-state index in [9.17, 15) is 0 Å². The van der Waals surface area contributed by atoms with Gasteiger partial charge in [0, 0.05) is 50.0 Å². The molecule has 5 aromatic carbocycles. The third kappa shape index (κ3) is 3.84. The molecule has 1 aliphatic heterocycles. The van der Waals surface area contributed by atoms with Gasteiger partial charge in [0.15, 0.2) is 0 Å². The lowest BCUT2D eigenvalue weighted by Gasteiger charge is -2.28. The van der Waals surface area contributed by atoms with E-state index < -0.39 is 0 Å². The summed E-state index contributed by atoms with van der Waals surface area (Å²) in [7, 11) is 0. The van der Waals surface area contributed by atoms with Gasteiger partial charge in [0.25, 0.3) is 0 Å². The van der Waals surface area contributed by atoms with Crippen LogP contribution in [0, 0.1) is 0 Å². The number of aromatic nitrogens is 2. The van der Waals surface area contributed by atoms with Crippen LogP contribution in [-0.4, -0.2) is 9.13 Å². The summed E-state index contributed by atoms with van der Waals surface area (Å²) < 4.78 is 5.20. The number of para-hydroxylation sites is 3. The highest BCUT2D eigenvalue weighted by Crippen LogP contribution is 2.54. The topological polar surface area (TPSA) is 13.1 Å². The van der Waals surface area contributed by atoms with E-state index in [0.717, 1.165) is 17.8 Å². The maximum Gasteiger partial charge on any atom is 0.126 e. The van der Waals surface area contributed by atoms with Gasteiger partial charge in [-0.05, 0) is 94.9 Å². The Morgan fingerprint density at radius 2 is 1.27 bits per heavy atom. The standard InChI is InChI=1S/C46H39N3/c1-45(2)39-27-32(47(30-15-7-5-8-16-30)31-17-9-6-10-18-31)23-25-34(39)35-26-24-33(28-40(35)45)48-41-21-13-11-19-36(41)37-29-43-46(3,4)38-20-12-14-22-42(38)49(43)44(37)48/h5-21,23-29,42H,22H2,1-4H3. The minimum absolute atomic E-state index is 0.00690. The minimum atomic E-state index is -0.176. The molecular weight excluding hydrogens is 595 g/mol. The number of hydrogen-bond donors (Lipinski definition) is 0. The van der Waals surface area contributed by atoms with Crippen LogP contribution in [0.4, 0.5) is 17.1 Å². The second-order valence-electron chi connectivity index (χ2n) is 15.0. The van der Waals surface area contributed by atoms with Crippen LogP contribution in [0.1, 0.15) is 57.0 Å². The Balaban J connectivity index is 1.15. The van der Waals surface area contributed by atoms with Gasteiger partial charge >= 0.3 is 0 Å². The molecule has 0 saturated heterocycles. The van der Waals surface area contributed by atoms with E-state index in [1.165, 1.54) is 66.8 Å². The van der Waals surface area contributed by atoms with Crippen molar-refractivity contribution in [1.82, 2.24) is 9.13 Å². The van der Waals surface area contributed by atoms with E-state index in [-0.39, 0.29) is 10.8 Å². The van der Waals surface area contributed by atoms with E-state index in [2.05, 4.69) is 187 Å². The van der Waals surface area contributed by atoms with Crippen LogP contribution in [-0.2, 0) is 10.8 Å². The van der Waals surface area contributed by atoms with Crippen LogP contribution >= 0.6 is 0 Å². The highest BCUT2D eigenvalue weighted by Gasteiger charge is 2.44. The van der Waals surface area contributed by atoms with Gasteiger partial charge < -0.3 is 9.47 Å². The molecule has 0 fully saturated rings. The number of allylic oxidation sites excluding steroid dienone is 4. The molecule has 0 N–H and O–H groups in total. The predicted octanol–water partition coefficient (Wildman–Crippen LogP) is 12.1. The third-order valence-electron chi connectivity index (χ3n) is 11.6. The molecule has 238 valence electrons. The summed E-state index contributed by atoms with van der Waals surface area (Å²) in [4.78, 5) is 2.37. The number of fused-ring (bicyclic) bond motifs is 10. The van der Waals surface area contributed by atoms with Gasteiger partial charge in [-0.3, -0.25) is 4.57 Å². The van der Waals surface area contributed by atoms with Gasteiger partial charge in [-0.1, -0.05) is 113 Å². The quantitative estimate of drug-likeness (QED) is 0.188. The molecular formula is C46H39N3. The van der Waals surface area contributed by atoms with E-state index >= 15 is 0 Å². The summed E-state index contributed by atoms with van der Waals surface area (Å²) >= 11 is 0. The van der Waals surface area contributed by atoms with Crippen molar-refractivity contribution in [3.63, 3.8) is 0 Å². The minimum Gasteiger partial charge on any atom is -0.322 e. The molecule has 7 aromatic rings. The average molecular weight is 634 g/mol. The fraction of sp³-hybridized carbons (Fsp3) is 0.174. The van der Waals surface area contributed by atoms with Crippen LogP contribution in [0.2, 0.25) is 0 Å². The van der Waals surface area contributed by atoms with Gasteiger partial charge in [0.1, 0.15) is 5.65 Å². The van der Waals surface area contributed by atoms with Crippen molar-refractivity contribution in [3.8, 4) is 16.8 Å². The van der Waals surface area contributed by atoms with Gasteiger partial charge in [-0.15, -0.1) is 0 Å². The lowest BCUT2D eigenvalue weighted by atomic mass is 9.79. The molecule has 10 rings (SSSR count). The molecule has 3 nitrogen and oxygen atoms in total. The van der Waals surface area contributed by atoms with E-state index in [4.69, 9.17) is 0 Å². The Bertz CT molecular complexity index is 2480. The van der Waals surface area contributed by atoms with Crippen molar-refractivity contribution in [1.29, 1.82) is 0 Å². The fourth-order valence-electron chi connectivity index (χ4n) is 9.24. The Morgan fingerprint density at radius 1 is 0.612 bits per heavy atom. The molecule has 3 heteroatoms. The van der Waals surface area contributed by atoms with E-state index in [1.54, 1.807) is 0 Å². The maximum atomic E-state index is 2.66. The molecule has 1 atom stereocenters. The highest BCUT2D eigenvalue weighted by molar-refractivity contribution is 6.09. The van der Waals surface area contributed by atoms with Crippen LogP contribution in [0.25, 0.3) is 38.8 Å². The van der Waals surface area contributed by atoms with E-state index in [0.29, 0.717) is 6.04 Å². The van der Waals surface area contributed by atoms with Crippen LogP contribution in [0.5, 0.6) is 0 Å². The predicted molar refractivity (Wildman–Crippen MR) is 205 cm³/mol. The molecule has 3 aliphatic rings. The van der Waals surface area contributed by atoms with Gasteiger partial charge in [0.2, 0.25) is 0 Å². The third-order valence-corrected chi connectivity index (χ3v) is 11.6. The molecule has 2 aromatic heterocycles. The summed E-state index contributed by atoms with van der Waals surface area (Å²) in [6, 6.07) is 47.4. The first-order valence-electron chi connectivity index (χ1n) is 17.6. The lowest BCUT2D eigenvalue weighted by Crippen LogP contribution is -2.17. The van der Waals surface area contributed by atoms with Crippen LogP contribution in [0.15, 0.2) is 151 Å². The highest BCUT2D eigenvalue weighted by atomic mass is 15.2. The number of nitrogens with zero attached hydrogens (tertiary/aromatic N) is 3. The number of rotatable bonds is 4. The van der Waals surface area contributed by atoms with Crippen molar-refractivity contribution in [2.75, 3.05) is 4.90 Å². The average Bonchev–Trinajstić information content (AvgIpc) is 3.80. The second kappa shape index (κ2) is 9.99. The zero-order chi connectivity index (χ0) is 33.1. The monoisotopic (exact) mass is 633 g/mol. The SMILES string of the molecule is CC1(C)C2=CC=CCC2n2c1cc1c3ccccc3n(-c3ccc4c(c3)C(C)(C)c3cc(N(c5ccccc5)c5ccccc5)ccc3-4)c12. The number of anilines is 3. The molecule has 0 spiro atoms. The van der Waals surface area contributed by atoms with Crippen molar-refractivity contribution >= 4 is 39.0 Å². The largest absolute Gasteiger partial charge is 0.322 e. The summed E-state index contributed by atoms with van der Waals surface area (Å²) in [5.74, 6) is 0. The zero-order valence-electron chi connectivity index (χ0n) is 28.5. The lowest BCUT2D eigenvalue weighted by molar-refractivity contribution is 0.589. The van der Waals surface area contributed by atoms with Crippen LogP contribution in [0.3, 0.4) is 0 Å². The maximum absolute atomic E-state index is 2.66. The Morgan fingerprint density at radius 3 is 2.00 bits per heavy atom. The molecule has 0 radical (unpaired) electrons. The Hall–Kier alpha value is -5.54. The molecule has 0 saturated carbocycles. The summed E-state index contributed by atoms with van der Waals surface area (Å²) in [6.07, 6.45) is 7.97. The molecule has 3 heterocycles. The van der Waals surface area contributed by atoms with E-state index in [1.807, 2.05) is 0 Å². The number of hydrogen-bond acceptors (Lipinski definition) is 1. The van der Waals surface area contributed by atoms with Crippen LogP contribution < -0.4 is 4.90 Å². The Kier molecular flexibility index (Phi) is 5.81. The van der Waals surface area contributed by atoms with Gasteiger partial charge in [0.05, 0.1) is 11.6 Å². The molecule has 2 aliphatic carbocycles.